The third-order valence-electron chi connectivity index (χ3n) is 3.67. The van der Waals surface area contributed by atoms with Crippen LogP contribution in [-0.2, 0) is 0 Å². The molecule has 1 aliphatic rings. The van der Waals surface area contributed by atoms with E-state index in [0.29, 0.717) is 11.5 Å². The minimum Gasteiger partial charge on any atom is -0.349 e. The number of rotatable bonds is 4. The molecule has 0 aliphatic heterocycles. The number of hydrogen-bond donors (Lipinski definition) is 1. The zero-order valence-corrected chi connectivity index (χ0v) is 11.2. The largest absolute Gasteiger partial charge is 0.349 e. The lowest BCUT2D eigenvalue weighted by Crippen LogP contribution is -2.26. The topological polar surface area (TPSA) is 72.2 Å². The lowest BCUT2D eigenvalue weighted by atomic mass is 10.1. The third kappa shape index (κ3) is 2.91. The van der Waals surface area contributed by atoms with E-state index in [2.05, 4.69) is 17.4 Å². The number of non-ortho nitro benzene ring substituents is 1. The number of carbonyl (C=O) groups excluding carboxylic acids is 1. The van der Waals surface area contributed by atoms with E-state index in [1.54, 1.807) is 0 Å². The molecular formula is C16H14N2O3. The molecular weight excluding hydrogens is 268 g/mol. The fourth-order valence-corrected chi connectivity index (χ4v) is 2.41. The Morgan fingerprint density at radius 2 is 1.76 bits per heavy atom. The molecule has 0 radical (unpaired) electrons. The molecule has 3 rings (SSSR count). The fraction of sp³-hybridized carbons (Fsp3) is 0.188. The van der Waals surface area contributed by atoms with Crippen LogP contribution in [0.4, 0.5) is 5.69 Å². The minimum absolute atomic E-state index is 0.0138. The smallest absolute Gasteiger partial charge is 0.269 e. The Balaban J connectivity index is 1.62. The van der Waals surface area contributed by atoms with Gasteiger partial charge in [-0.25, -0.2) is 0 Å². The van der Waals surface area contributed by atoms with Crippen LogP contribution in [0.3, 0.4) is 0 Å². The highest BCUT2D eigenvalue weighted by atomic mass is 16.6. The number of nitrogens with zero attached hydrogens (tertiary/aromatic N) is 1. The molecule has 0 aromatic heterocycles. The van der Waals surface area contributed by atoms with Crippen molar-refractivity contribution < 1.29 is 9.72 Å². The van der Waals surface area contributed by atoms with Gasteiger partial charge in [-0.2, -0.15) is 0 Å². The van der Waals surface area contributed by atoms with E-state index in [0.717, 1.165) is 6.42 Å². The van der Waals surface area contributed by atoms with Gasteiger partial charge in [0.1, 0.15) is 0 Å². The molecule has 1 saturated carbocycles. The van der Waals surface area contributed by atoms with Gasteiger partial charge in [0.15, 0.2) is 0 Å². The first-order valence-corrected chi connectivity index (χ1v) is 6.75. The maximum absolute atomic E-state index is 12.1. The SMILES string of the molecule is O=C(N[C@@H]1C[C@@H]1c1ccccc1)c1ccc([N+](=O)[O-])cc1. The van der Waals surface area contributed by atoms with Crippen LogP contribution in [0.2, 0.25) is 0 Å². The molecule has 1 fully saturated rings. The summed E-state index contributed by atoms with van der Waals surface area (Å²) in [6.07, 6.45) is 0.933. The average Bonchev–Trinajstić information content (AvgIpc) is 3.27. The van der Waals surface area contributed by atoms with Crippen LogP contribution in [-0.4, -0.2) is 16.9 Å². The molecule has 0 heterocycles. The predicted molar refractivity (Wildman–Crippen MR) is 78.2 cm³/mol. The van der Waals surface area contributed by atoms with E-state index >= 15 is 0 Å². The highest BCUT2D eigenvalue weighted by molar-refractivity contribution is 5.94. The molecule has 1 N–H and O–H groups in total. The van der Waals surface area contributed by atoms with Crippen LogP contribution in [0.25, 0.3) is 0 Å². The lowest BCUT2D eigenvalue weighted by molar-refractivity contribution is -0.384. The van der Waals surface area contributed by atoms with Gasteiger partial charge in [-0.3, -0.25) is 14.9 Å². The average molecular weight is 282 g/mol. The van der Waals surface area contributed by atoms with Crippen molar-refractivity contribution in [2.45, 2.75) is 18.4 Å². The molecule has 106 valence electrons. The summed E-state index contributed by atoms with van der Waals surface area (Å²) in [7, 11) is 0. The molecule has 0 bridgehead atoms. The van der Waals surface area contributed by atoms with Crippen LogP contribution < -0.4 is 5.32 Å². The normalized spacial score (nSPS) is 19.8. The van der Waals surface area contributed by atoms with Crippen LogP contribution in [0.5, 0.6) is 0 Å². The Morgan fingerprint density at radius 1 is 1.10 bits per heavy atom. The molecule has 2 atom stereocenters. The second kappa shape index (κ2) is 5.36. The van der Waals surface area contributed by atoms with Crippen molar-refractivity contribution in [3.63, 3.8) is 0 Å². The van der Waals surface area contributed by atoms with Crippen LogP contribution >= 0.6 is 0 Å². The molecule has 1 amide bonds. The lowest BCUT2D eigenvalue weighted by Gasteiger charge is -2.05. The Kier molecular flexibility index (Phi) is 3.39. The number of nitro groups is 1. The predicted octanol–water partition coefficient (Wildman–Crippen LogP) is 2.88. The van der Waals surface area contributed by atoms with Crippen molar-refractivity contribution in [3.8, 4) is 0 Å². The van der Waals surface area contributed by atoms with Crippen molar-refractivity contribution in [1.29, 1.82) is 0 Å². The number of nitrogens with one attached hydrogen (secondary N) is 1. The van der Waals surface area contributed by atoms with Crippen molar-refractivity contribution >= 4 is 11.6 Å². The molecule has 5 heteroatoms. The highest BCUT2D eigenvalue weighted by Crippen LogP contribution is 2.40. The van der Waals surface area contributed by atoms with Gasteiger partial charge in [0.2, 0.25) is 0 Å². The maximum atomic E-state index is 12.1. The first-order valence-electron chi connectivity index (χ1n) is 6.75. The van der Waals surface area contributed by atoms with Crippen LogP contribution in [0.15, 0.2) is 54.6 Å². The molecule has 0 spiro atoms. The summed E-state index contributed by atoms with van der Waals surface area (Å²) in [5, 5.41) is 13.5. The minimum atomic E-state index is -0.478. The number of benzene rings is 2. The van der Waals surface area contributed by atoms with Crippen molar-refractivity contribution in [3.05, 3.63) is 75.8 Å². The van der Waals surface area contributed by atoms with E-state index in [1.807, 2.05) is 18.2 Å². The summed E-state index contributed by atoms with van der Waals surface area (Å²) in [4.78, 5) is 22.2. The summed E-state index contributed by atoms with van der Waals surface area (Å²) in [5.41, 5.74) is 1.66. The summed E-state index contributed by atoms with van der Waals surface area (Å²) in [6.45, 7) is 0. The highest BCUT2D eigenvalue weighted by Gasteiger charge is 2.39. The summed E-state index contributed by atoms with van der Waals surface area (Å²) >= 11 is 0. The van der Waals surface area contributed by atoms with Gasteiger partial charge in [0.25, 0.3) is 11.6 Å². The number of hydrogen-bond acceptors (Lipinski definition) is 3. The van der Waals surface area contributed by atoms with Crippen LogP contribution in [0, 0.1) is 10.1 Å². The number of amides is 1. The zero-order chi connectivity index (χ0) is 14.8. The van der Waals surface area contributed by atoms with Gasteiger partial charge in [-0.05, 0) is 24.1 Å². The Bertz CT molecular complexity index is 668. The standard InChI is InChI=1S/C16H14N2O3/c19-16(12-6-8-13(9-7-12)18(20)21)17-15-10-14(15)11-4-2-1-3-5-11/h1-9,14-15H,10H2,(H,17,19)/t14-,15-/m1/s1. The van der Waals surface area contributed by atoms with E-state index in [9.17, 15) is 14.9 Å². The van der Waals surface area contributed by atoms with E-state index in [1.165, 1.54) is 29.8 Å². The molecule has 2 aromatic carbocycles. The zero-order valence-electron chi connectivity index (χ0n) is 11.2. The first kappa shape index (κ1) is 13.3. The van der Waals surface area contributed by atoms with Crippen molar-refractivity contribution in [2.75, 3.05) is 0 Å². The Hall–Kier alpha value is -2.69. The summed E-state index contributed by atoms with van der Waals surface area (Å²) in [6, 6.07) is 15.9. The quantitative estimate of drug-likeness (QED) is 0.692. The number of carbonyl (C=O) groups is 1. The molecule has 0 unspecified atom stereocenters. The van der Waals surface area contributed by atoms with Crippen molar-refractivity contribution in [1.82, 2.24) is 5.32 Å². The second-order valence-electron chi connectivity index (χ2n) is 5.14. The molecule has 21 heavy (non-hydrogen) atoms. The van der Waals surface area contributed by atoms with Gasteiger partial charge in [0, 0.05) is 29.7 Å². The summed E-state index contributed by atoms with van der Waals surface area (Å²) in [5.74, 6) is 0.182. The van der Waals surface area contributed by atoms with Crippen molar-refractivity contribution in [2.24, 2.45) is 0 Å². The molecule has 0 saturated heterocycles. The molecule has 1 aliphatic carbocycles. The fourth-order valence-electron chi connectivity index (χ4n) is 2.41. The Morgan fingerprint density at radius 3 is 2.38 bits per heavy atom. The van der Waals surface area contributed by atoms with Gasteiger partial charge in [-0.1, -0.05) is 30.3 Å². The second-order valence-corrected chi connectivity index (χ2v) is 5.14. The monoisotopic (exact) mass is 282 g/mol. The third-order valence-corrected chi connectivity index (χ3v) is 3.67. The number of nitro benzene ring substituents is 1. The molecule has 5 nitrogen and oxygen atoms in total. The molecule has 2 aromatic rings. The maximum Gasteiger partial charge on any atom is 0.269 e. The Labute approximate surface area is 121 Å². The van der Waals surface area contributed by atoms with Gasteiger partial charge in [-0.15, -0.1) is 0 Å². The first-order chi connectivity index (χ1) is 10.1. The van der Waals surface area contributed by atoms with E-state index in [-0.39, 0.29) is 17.6 Å². The van der Waals surface area contributed by atoms with Gasteiger partial charge in [0.05, 0.1) is 4.92 Å². The van der Waals surface area contributed by atoms with Gasteiger partial charge >= 0.3 is 0 Å². The van der Waals surface area contributed by atoms with E-state index in [4.69, 9.17) is 0 Å². The summed E-state index contributed by atoms with van der Waals surface area (Å²) < 4.78 is 0. The van der Waals surface area contributed by atoms with Gasteiger partial charge < -0.3 is 5.32 Å². The van der Waals surface area contributed by atoms with Crippen LogP contribution in [0.1, 0.15) is 28.3 Å². The van der Waals surface area contributed by atoms with E-state index < -0.39 is 4.92 Å².